The first-order chi connectivity index (χ1) is 12.0. The summed E-state index contributed by atoms with van der Waals surface area (Å²) in [5.74, 6) is 1.56. The first kappa shape index (κ1) is 17.6. The van der Waals surface area contributed by atoms with Gasteiger partial charge in [0.2, 0.25) is 5.91 Å². The number of fused-ring (bicyclic) bond motifs is 1. The quantitative estimate of drug-likeness (QED) is 0.642. The second kappa shape index (κ2) is 7.08. The number of benzene rings is 1. The first-order valence-electron chi connectivity index (χ1n) is 9.48. The molecule has 0 spiro atoms. The molecular weight excluding hydrogens is 360 g/mol. The topological polar surface area (TPSA) is 29.1 Å². The van der Waals surface area contributed by atoms with Crippen LogP contribution in [0.2, 0.25) is 10.0 Å². The normalized spacial score (nSPS) is 30.0. The third-order valence-corrected chi connectivity index (χ3v) is 7.29. The minimum absolute atomic E-state index is 0.0517. The molecule has 136 valence electrons. The fourth-order valence-electron chi connectivity index (χ4n) is 4.90. The summed E-state index contributed by atoms with van der Waals surface area (Å²) in [7, 11) is 0. The van der Waals surface area contributed by atoms with Crippen molar-refractivity contribution in [1.82, 2.24) is 5.32 Å². The van der Waals surface area contributed by atoms with Crippen LogP contribution in [-0.4, -0.2) is 5.91 Å². The van der Waals surface area contributed by atoms with Gasteiger partial charge < -0.3 is 5.32 Å². The molecule has 0 aromatic heterocycles. The number of hydrogen-bond donors (Lipinski definition) is 1. The molecule has 25 heavy (non-hydrogen) atoms. The molecule has 3 aliphatic carbocycles. The highest BCUT2D eigenvalue weighted by atomic mass is 35.5. The van der Waals surface area contributed by atoms with Crippen molar-refractivity contribution in [3.05, 3.63) is 33.6 Å². The largest absolute Gasteiger partial charge is 0.349 e. The number of halogens is 3. The van der Waals surface area contributed by atoms with E-state index in [0.29, 0.717) is 10.6 Å². The van der Waals surface area contributed by atoms with E-state index < -0.39 is 0 Å². The standard InChI is InChI=1S/C20H24Cl2FNO/c21-15-7-8-16(23)17(18(15)22)19(13-6-5-12-9-14(12)10-13)24-20(25)11-3-1-2-4-11/h7-8,11-14,19H,1-6,9-10H2,(H,24,25). The Morgan fingerprint density at radius 3 is 2.56 bits per heavy atom. The lowest BCUT2D eigenvalue weighted by molar-refractivity contribution is -0.126. The fraction of sp³-hybridized carbons (Fsp3) is 0.650. The van der Waals surface area contributed by atoms with Gasteiger partial charge in [0.25, 0.3) is 0 Å². The van der Waals surface area contributed by atoms with Crippen LogP contribution in [0.4, 0.5) is 4.39 Å². The number of carbonyl (C=O) groups is 1. The van der Waals surface area contributed by atoms with Crippen LogP contribution < -0.4 is 5.32 Å². The molecule has 5 heteroatoms. The zero-order valence-electron chi connectivity index (χ0n) is 14.2. The first-order valence-corrected chi connectivity index (χ1v) is 10.2. The molecule has 2 nitrogen and oxygen atoms in total. The summed E-state index contributed by atoms with van der Waals surface area (Å²) in [4.78, 5) is 12.8. The molecule has 0 heterocycles. The van der Waals surface area contributed by atoms with Gasteiger partial charge in [-0.25, -0.2) is 4.39 Å². The summed E-state index contributed by atoms with van der Waals surface area (Å²) in [5.41, 5.74) is 0.379. The summed E-state index contributed by atoms with van der Waals surface area (Å²) in [6.45, 7) is 0. The summed E-state index contributed by atoms with van der Waals surface area (Å²) < 4.78 is 14.7. The predicted octanol–water partition coefficient (Wildman–Crippen LogP) is 5.92. The van der Waals surface area contributed by atoms with Crippen LogP contribution in [0.3, 0.4) is 0 Å². The van der Waals surface area contributed by atoms with E-state index in [1.807, 2.05) is 0 Å². The van der Waals surface area contributed by atoms with Gasteiger partial charge in [-0.2, -0.15) is 0 Å². The molecule has 1 aromatic carbocycles. The van der Waals surface area contributed by atoms with E-state index in [9.17, 15) is 9.18 Å². The third kappa shape index (κ3) is 3.55. The Bertz CT molecular complexity index is 674. The fourth-order valence-corrected chi connectivity index (χ4v) is 5.34. The van der Waals surface area contributed by atoms with E-state index in [4.69, 9.17) is 23.2 Å². The van der Waals surface area contributed by atoms with Gasteiger partial charge >= 0.3 is 0 Å². The lowest BCUT2D eigenvalue weighted by Gasteiger charge is -2.32. The van der Waals surface area contributed by atoms with E-state index in [1.54, 1.807) is 0 Å². The maximum atomic E-state index is 14.7. The highest BCUT2D eigenvalue weighted by Crippen LogP contribution is 2.54. The van der Waals surface area contributed by atoms with Crippen molar-refractivity contribution >= 4 is 29.1 Å². The second-order valence-electron chi connectivity index (χ2n) is 8.05. The molecule has 0 saturated heterocycles. The van der Waals surface area contributed by atoms with Crippen molar-refractivity contribution < 1.29 is 9.18 Å². The van der Waals surface area contributed by atoms with Crippen LogP contribution >= 0.6 is 23.2 Å². The summed E-state index contributed by atoms with van der Waals surface area (Å²) >= 11 is 12.5. The molecule has 0 radical (unpaired) electrons. The maximum absolute atomic E-state index is 14.7. The highest BCUT2D eigenvalue weighted by molar-refractivity contribution is 6.42. The molecule has 3 aliphatic rings. The SMILES string of the molecule is O=C(NC(c1c(F)ccc(Cl)c1Cl)C1CCC2CC2C1)C1CCCC1. The van der Waals surface area contributed by atoms with Crippen molar-refractivity contribution in [2.75, 3.05) is 0 Å². The number of amides is 1. The van der Waals surface area contributed by atoms with E-state index in [2.05, 4.69) is 5.32 Å². The maximum Gasteiger partial charge on any atom is 0.223 e. The number of hydrogen-bond acceptors (Lipinski definition) is 1. The van der Waals surface area contributed by atoms with Crippen LogP contribution in [0.1, 0.15) is 63.0 Å². The van der Waals surface area contributed by atoms with Crippen LogP contribution in [0.25, 0.3) is 0 Å². The zero-order chi connectivity index (χ0) is 17.6. The van der Waals surface area contributed by atoms with Crippen molar-refractivity contribution in [3.63, 3.8) is 0 Å². The minimum atomic E-state index is -0.374. The van der Waals surface area contributed by atoms with Crippen molar-refractivity contribution in [2.24, 2.45) is 23.7 Å². The Balaban J connectivity index is 1.63. The van der Waals surface area contributed by atoms with Gasteiger partial charge in [0.1, 0.15) is 5.82 Å². The van der Waals surface area contributed by atoms with Crippen LogP contribution in [0, 0.1) is 29.5 Å². The van der Waals surface area contributed by atoms with Gasteiger partial charge in [-0.15, -0.1) is 0 Å². The highest BCUT2D eigenvalue weighted by Gasteiger charge is 2.45. The molecule has 4 atom stereocenters. The summed E-state index contributed by atoms with van der Waals surface area (Å²) in [6, 6.07) is 2.47. The molecule has 3 saturated carbocycles. The molecule has 4 rings (SSSR count). The molecule has 1 amide bonds. The van der Waals surface area contributed by atoms with Crippen LogP contribution in [0.15, 0.2) is 12.1 Å². The van der Waals surface area contributed by atoms with Crippen molar-refractivity contribution in [1.29, 1.82) is 0 Å². The van der Waals surface area contributed by atoms with E-state index in [1.165, 1.54) is 25.0 Å². The lowest BCUT2D eigenvalue weighted by atomic mass is 9.80. The van der Waals surface area contributed by atoms with Crippen LogP contribution in [-0.2, 0) is 4.79 Å². The Labute approximate surface area is 158 Å². The van der Waals surface area contributed by atoms with Gasteiger partial charge in [0.15, 0.2) is 0 Å². The average Bonchev–Trinajstić information content (AvgIpc) is 3.16. The van der Waals surface area contributed by atoms with E-state index in [-0.39, 0.29) is 34.6 Å². The minimum Gasteiger partial charge on any atom is -0.349 e. The molecule has 0 bridgehead atoms. The number of nitrogens with one attached hydrogen (secondary N) is 1. The van der Waals surface area contributed by atoms with E-state index >= 15 is 0 Å². The third-order valence-electron chi connectivity index (χ3n) is 6.47. The Morgan fingerprint density at radius 1 is 1.08 bits per heavy atom. The molecule has 1 N–H and O–H groups in total. The van der Waals surface area contributed by atoms with E-state index in [0.717, 1.165) is 50.4 Å². The van der Waals surface area contributed by atoms with Crippen LogP contribution in [0.5, 0.6) is 0 Å². The zero-order valence-corrected chi connectivity index (χ0v) is 15.8. The van der Waals surface area contributed by atoms with Crippen molar-refractivity contribution in [2.45, 2.75) is 57.4 Å². The number of carbonyl (C=O) groups excluding carboxylic acids is 1. The van der Waals surface area contributed by atoms with Gasteiger partial charge in [-0.1, -0.05) is 36.0 Å². The van der Waals surface area contributed by atoms with Gasteiger partial charge in [-0.05, 0) is 68.4 Å². The average molecular weight is 384 g/mol. The van der Waals surface area contributed by atoms with Crippen molar-refractivity contribution in [3.8, 4) is 0 Å². The second-order valence-corrected chi connectivity index (χ2v) is 8.84. The summed E-state index contributed by atoms with van der Waals surface area (Å²) in [5, 5.41) is 3.76. The Kier molecular flexibility index (Phi) is 4.98. The molecule has 0 aliphatic heterocycles. The smallest absolute Gasteiger partial charge is 0.223 e. The monoisotopic (exact) mass is 383 g/mol. The Morgan fingerprint density at radius 2 is 1.84 bits per heavy atom. The lowest BCUT2D eigenvalue weighted by Crippen LogP contribution is -2.38. The predicted molar refractivity (Wildman–Crippen MR) is 98.2 cm³/mol. The van der Waals surface area contributed by atoms with Gasteiger partial charge in [-0.3, -0.25) is 4.79 Å². The molecular formula is C20H24Cl2FNO. The Hall–Kier alpha value is -0.800. The van der Waals surface area contributed by atoms with Gasteiger partial charge in [0, 0.05) is 11.5 Å². The number of rotatable bonds is 4. The van der Waals surface area contributed by atoms with Gasteiger partial charge in [0.05, 0.1) is 16.1 Å². The molecule has 1 aromatic rings. The molecule has 4 unspecified atom stereocenters. The summed E-state index contributed by atoms with van der Waals surface area (Å²) in [6.07, 6.45) is 8.57. The molecule has 3 fully saturated rings.